The predicted molar refractivity (Wildman–Crippen MR) is 91.1 cm³/mol. The number of aromatic hydroxyl groups is 1. The number of rotatable bonds is 2. The summed E-state index contributed by atoms with van der Waals surface area (Å²) < 4.78 is 0. The van der Waals surface area contributed by atoms with Gasteiger partial charge in [-0.05, 0) is 43.2 Å². The number of Topliss-reactive ketones (excluding diaryl/α,β-unsaturated/α-hetero) is 1. The van der Waals surface area contributed by atoms with E-state index < -0.39 is 0 Å². The van der Waals surface area contributed by atoms with Crippen LogP contribution in [0, 0.1) is 0 Å². The third kappa shape index (κ3) is 2.50. The van der Waals surface area contributed by atoms with E-state index in [2.05, 4.69) is 9.89 Å². The number of nitrogens with zero attached hydrogens (tertiary/aromatic N) is 2. The van der Waals surface area contributed by atoms with E-state index in [1.807, 2.05) is 24.3 Å². The first-order valence-corrected chi connectivity index (χ1v) is 8.00. The molecule has 0 saturated carbocycles. The number of phenolic OH excluding ortho intramolecular Hbond substituents is 1. The van der Waals surface area contributed by atoms with E-state index in [0.717, 1.165) is 18.8 Å². The lowest BCUT2D eigenvalue weighted by Crippen LogP contribution is -2.19. The van der Waals surface area contributed by atoms with Gasteiger partial charge in [-0.25, -0.2) is 0 Å². The minimum Gasteiger partial charge on any atom is -0.507 e. The lowest BCUT2D eigenvalue weighted by Gasteiger charge is -2.21. The molecule has 2 aliphatic heterocycles. The monoisotopic (exact) mass is 306 g/mol. The average molecular weight is 306 g/mol. The number of hydrogen-bond acceptors (Lipinski definition) is 4. The van der Waals surface area contributed by atoms with E-state index in [4.69, 9.17) is 0 Å². The quantitative estimate of drug-likeness (QED) is 0.920. The maximum Gasteiger partial charge on any atom is 0.171 e. The number of carbonyl (C=O) groups is 1. The van der Waals surface area contributed by atoms with Gasteiger partial charge in [0.25, 0.3) is 0 Å². The van der Waals surface area contributed by atoms with Crippen LogP contribution in [0.25, 0.3) is 0 Å². The Morgan fingerprint density at radius 3 is 2.57 bits per heavy atom. The highest BCUT2D eigenvalue weighted by Crippen LogP contribution is 2.33. The molecule has 116 valence electrons. The molecule has 1 N–H and O–H groups in total. The van der Waals surface area contributed by atoms with Crippen LogP contribution in [0.2, 0.25) is 0 Å². The third-order valence-corrected chi connectivity index (χ3v) is 4.55. The van der Waals surface area contributed by atoms with Crippen LogP contribution < -0.4 is 4.90 Å². The smallest absolute Gasteiger partial charge is 0.171 e. The maximum atomic E-state index is 12.6. The molecule has 0 atom stereocenters. The molecule has 4 rings (SSSR count). The van der Waals surface area contributed by atoms with Gasteiger partial charge < -0.3 is 10.0 Å². The van der Waals surface area contributed by atoms with Crippen molar-refractivity contribution >= 4 is 22.9 Å². The number of hydrogen-bond donors (Lipinski definition) is 1. The normalized spacial score (nSPS) is 17.1. The van der Waals surface area contributed by atoms with Crippen LogP contribution in [-0.4, -0.2) is 29.7 Å². The largest absolute Gasteiger partial charge is 0.507 e. The SMILES string of the molecule is O=C1CC(c2ccccc2O)=Nc2ccc(N3CCCC3)cc21. The van der Waals surface area contributed by atoms with Gasteiger partial charge in [-0.1, -0.05) is 12.1 Å². The molecule has 2 heterocycles. The fourth-order valence-electron chi connectivity index (χ4n) is 3.32. The zero-order valence-corrected chi connectivity index (χ0v) is 12.8. The van der Waals surface area contributed by atoms with Gasteiger partial charge in [-0.2, -0.15) is 0 Å². The Bertz CT molecular complexity index is 805. The summed E-state index contributed by atoms with van der Waals surface area (Å²) >= 11 is 0. The number of phenols is 1. The Morgan fingerprint density at radius 1 is 1.00 bits per heavy atom. The molecule has 1 saturated heterocycles. The molecule has 0 amide bonds. The average Bonchev–Trinajstić information content (AvgIpc) is 3.09. The zero-order chi connectivity index (χ0) is 15.8. The van der Waals surface area contributed by atoms with Gasteiger partial charge in [0.15, 0.2) is 5.78 Å². The van der Waals surface area contributed by atoms with Gasteiger partial charge in [0.05, 0.1) is 17.8 Å². The fourth-order valence-corrected chi connectivity index (χ4v) is 3.32. The van der Waals surface area contributed by atoms with Crippen molar-refractivity contribution in [3.8, 4) is 5.75 Å². The summed E-state index contributed by atoms with van der Waals surface area (Å²) in [4.78, 5) is 19.5. The third-order valence-electron chi connectivity index (χ3n) is 4.55. The fraction of sp³-hybridized carbons (Fsp3) is 0.263. The molecule has 0 aromatic heterocycles. The van der Waals surface area contributed by atoms with Gasteiger partial charge in [-0.3, -0.25) is 9.79 Å². The first kappa shape index (κ1) is 14.0. The second-order valence-corrected chi connectivity index (χ2v) is 6.07. The highest BCUT2D eigenvalue weighted by atomic mass is 16.3. The van der Waals surface area contributed by atoms with Crippen molar-refractivity contribution in [3.05, 3.63) is 53.6 Å². The topological polar surface area (TPSA) is 52.9 Å². The predicted octanol–water partition coefficient (Wildman–Crippen LogP) is 3.70. The van der Waals surface area contributed by atoms with Gasteiger partial charge in [0.2, 0.25) is 0 Å². The van der Waals surface area contributed by atoms with Crippen molar-refractivity contribution in [1.29, 1.82) is 0 Å². The molecule has 2 aliphatic rings. The second kappa shape index (κ2) is 5.54. The van der Waals surface area contributed by atoms with Gasteiger partial charge in [0, 0.05) is 29.9 Å². The van der Waals surface area contributed by atoms with Crippen LogP contribution >= 0.6 is 0 Å². The molecular formula is C19H18N2O2. The molecular weight excluding hydrogens is 288 g/mol. The Balaban J connectivity index is 1.74. The van der Waals surface area contributed by atoms with Crippen molar-refractivity contribution in [2.75, 3.05) is 18.0 Å². The molecule has 4 nitrogen and oxygen atoms in total. The van der Waals surface area contributed by atoms with Gasteiger partial charge in [0.1, 0.15) is 5.75 Å². The van der Waals surface area contributed by atoms with E-state index in [0.29, 0.717) is 22.5 Å². The number of aliphatic imine (C=N–C) groups is 1. The number of anilines is 1. The van der Waals surface area contributed by atoms with Gasteiger partial charge in [-0.15, -0.1) is 0 Å². The van der Waals surface area contributed by atoms with Crippen LogP contribution in [-0.2, 0) is 0 Å². The summed E-state index contributed by atoms with van der Waals surface area (Å²) in [6.07, 6.45) is 2.65. The maximum absolute atomic E-state index is 12.6. The molecule has 23 heavy (non-hydrogen) atoms. The molecule has 4 heteroatoms. The van der Waals surface area contributed by atoms with Crippen LogP contribution in [0.1, 0.15) is 35.2 Å². The number of ketones is 1. The standard InChI is InChI=1S/C19H18N2O2/c22-18-6-2-1-5-14(18)17-12-19(23)15-11-13(7-8-16(15)20-17)21-9-3-4-10-21/h1-2,5-8,11,22H,3-4,9-10,12H2. The second-order valence-electron chi connectivity index (χ2n) is 6.07. The van der Waals surface area contributed by atoms with Crippen LogP contribution in [0.4, 0.5) is 11.4 Å². The van der Waals surface area contributed by atoms with E-state index in [-0.39, 0.29) is 18.0 Å². The summed E-state index contributed by atoms with van der Waals surface area (Å²) in [5.41, 5.74) is 3.76. The molecule has 0 bridgehead atoms. The van der Waals surface area contributed by atoms with Crippen LogP contribution in [0.5, 0.6) is 5.75 Å². The molecule has 0 radical (unpaired) electrons. The molecule has 2 aromatic carbocycles. The minimum atomic E-state index is 0.0642. The molecule has 0 aliphatic carbocycles. The van der Waals surface area contributed by atoms with E-state index in [1.165, 1.54) is 12.8 Å². The van der Waals surface area contributed by atoms with Crippen LogP contribution in [0.3, 0.4) is 0 Å². The van der Waals surface area contributed by atoms with Crippen molar-refractivity contribution in [3.63, 3.8) is 0 Å². The highest BCUT2D eigenvalue weighted by molar-refractivity contribution is 6.21. The molecule has 2 aromatic rings. The Morgan fingerprint density at radius 2 is 1.78 bits per heavy atom. The van der Waals surface area contributed by atoms with E-state index in [1.54, 1.807) is 18.2 Å². The summed E-state index contributed by atoms with van der Waals surface area (Å²) in [6.45, 7) is 2.11. The van der Waals surface area contributed by atoms with E-state index in [9.17, 15) is 9.90 Å². The molecule has 1 fully saturated rings. The van der Waals surface area contributed by atoms with Crippen molar-refractivity contribution < 1.29 is 9.90 Å². The first-order chi connectivity index (χ1) is 11.2. The minimum absolute atomic E-state index is 0.0642. The van der Waals surface area contributed by atoms with Crippen molar-refractivity contribution in [2.45, 2.75) is 19.3 Å². The first-order valence-electron chi connectivity index (χ1n) is 8.00. The number of para-hydroxylation sites is 1. The van der Waals surface area contributed by atoms with Crippen LogP contribution in [0.15, 0.2) is 47.5 Å². The van der Waals surface area contributed by atoms with Crippen molar-refractivity contribution in [1.82, 2.24) is 0 Å². The summed E-state index contributed by atoms with van der Waals surface area (Å²) in [7, 11) is 0. The Kier molecular flexibility index (Phi) is 3.37. The number of benzene rings is 2. The van der Waals surface area contributed by atoms with Gasteiger partial charge >= 0.3 is 0 Å². The zero-order valence-electron chi connectivity index (χ0n) is 12.8. The van der Waals surface area contributed by atoms with E-state index >= 15 is 0 Å². The summed E-state index contributed by atoms with van der Waals surface area (Å²) in [5, 5.41) is 9.99. The number of fused-ring (bicyclic) bond motifs is 1. The number of carbonyl (C=O) groups excluding carboxylic acids is 1. The lowest BCUT2D eigenvalue weighted by molar-refractivity contribution is 0.1000. The summed E-state index contributed by atoms with van der Waals surface area (Å²) in [6, 6.07) is 12.9. The Hall–Kier alpha value is -2.62. The Labute approximate surface area is 135 Å². The highest BCUT2D eigenvalue weighted by Gasteiger charge is 2.24. The summed E-state index contributed by atoms with van der Waals surface area (Å²) in [5.74, 6) is 0.227. The molecule has 0 spiro atoms. The molecule has 0 unspecified atom stereocenters. The lowest BCUT2D eigenvalue weighted by atomic mass is 9.95. The van der Waals surface area contributed by atoms with Crippen molar-refractivity contribution in [2.24, 2.45) is 4.99 Å².